The molecule has 1 saturated carbocycles. The molecule has 1 aromatic rings. The van der Waals surface area contributed by atoms with E-state index in [1.807, 2.05) is 6.92 Å². The van der Waals surface area contributed by atoms with E-state index in [-0.39, 0.29) is 21.9 Å². The molecule has 0 N–H and O–H groups in total. The topological polar surface area (TPSA) is 57.7 Å². The second kappa shape index (κ2) is 7.42. The van der Waals surface area contributed by atoms with Crippen LogP contribution in [0.2, 0.25) is 5.02 Å². The van der Waals surface area contributed by atoms with E-state index >= 15 is 0 Å². The zero-order valence-corrected chi connectivity index (χ0v) is 16.2. The molecule has 7 heteroatoms. The molecule has 5 nitrogen and oxygen atoms in total. The first kappa shape index (κ1) is 19.2. The molecule has 0 bridgehead atoms. The van der Waals surface area contributed by atoms with Gasteiger partial charge in [-0.15, -0.1) is 0 Å². The van der Waals surface area contributed by atoms with Gasteiger partial charge in [-0.3, -0.25) is 4.79 Å². The second-order valence-electron chi connectivity index (χ2n) is 6.23. The highest BCUT2D eigenvalue weighted by molar-refractivity contribution is 7.89. The lowest BCUT2D eigenvalue weighted by molar-refractivity contribution is 0.0727. The predicted molar refractivity (Wildman–Crippen MR) is 95.8 cm³/mol. The van der Waals surface area contributed by atoms with E-state index in [4.69, 9.17) is 11.6 Å². The summed E-state index contributed by atoms with van der Waals surface area (Å²) in [4.78, 5) is 14.4. The van der Waals surface area contributed by atoms with Crippen LogP contribution in [0.15, 0.2) is 23.1 Å². The third kappa shape index (κ3) is 3.76. The summed E-state index contributed by atoms with van der Waals surface area (Å²) in [6.07, 6.45) is 2.28. The van der Waals surface area contributed by atoms with Crippen molar-refractivity contribution >= 4 is 27.5 Å². The molecule has 1 fully saturated rings. The van der Waals surface area contributed by atoms with Gasteiger partial charge >= 0.3 is 0 Å². The van der Waals surface area contributed by atoms with Crippen LogP contribution >= 0.6 is 11.6 Å². The number of amides is 1. The van der Waals surface area contributed by atoms with Gasteiger partial charge in [0.15, 0.2) is 0 Å². The fourth-order valence-corrected chi connectivity index (χ4v) is 4.78. The van der Waals surface area contributed by atoms with Crippen molar-refractivity contribution < 1.29 is 13.2 Å². The average molecular weight is 373 g/mol. The van der Waals surface area contributed by atoms with E-state index < -0.39 is 10.0 Å². The van der Waals surface area contributed by atoms with Gasteiger partial charge in [0, 0.05) is 31.7 Å². The maximum Gasteiger partial charge on any atom is 0.253 e. The van der Waals surface area contributed by atoms with Crippen LogP contribution in [0.25, 0.3) is 0 Å². The Labute approximate surface area is 149 Å². The Hall–Kier alpha value is -1.11. The van der Waals surface area contributed by atoms with Crippen molar-refractivity contribution in [3.63, 3.8) is 0 Å². The molecule has 1 amide bonds. The van der Waals surface area contributed by atoms with Crippen molar-refractivity contribution in [2.24, 2.45) is 5.92 Å². The summed E-state index contributed by atoms with van der Waals surface area (Å²) in [5.74, 6) is 0.368. The molecular formula is C17H25ClN2O3S. The van der Waals surface area contributed by atoms with Crippen LogP contribution < -0.4 is 0 Å². The Kier molecular flexibility index (Phi) is 5.94. The molecule has 0 radical (unpaired) electrons. The monoisotopic (exact) mass is 372 g/mol. The first-order valence-corrected chi connectivity index (χ1v) is 10.1. The number of hydrogen-bond donors (Lipinski definition) is 0. The Balaban J connectivity index is 2.36. The van der Waals surface area contributed by atoms with Gasteiger partial charge < -0.3 is 4.90 Å². The van der Waals surface area contributed by atoms with Crippen molar-refractivity contribution in [1.82, 2.24) is 9.21 Å². The number of carbonyl (C=O) groups excluding carboxylic acids is 1. The fourth-order valence-electron chi connectivity index (χ4n) is 2.82. The highest BCUT2D eigenvalue weighted by Gasteiger charge is 2.33. The van der Waals surface area contributed by atoms with Crippen LogP contribution in [-0.2, 0) is 10.0 Å². The normalized spacial score (nSPS) is 16.2. The lowest BCUT2D eigenvalue weighted by atomic mass is 10.1. The van der Waals surface area contributed by atoms with Gasteiger partial charge in [0.2, 0.25) is 10.0 Å². The number of nitrogens with zero attached hydrogens (tertiary/aromatic N) is 2. The number of hydrogen-bond acceptors (Lipinski definition) is 3. The maximum atomic E-state index is 12.7. The first-order chi connectivity index (χ1) is 11.2. The largest absolute Gasteiger partial charge is 0.339 e. The summed E-state index contributed by atoms with van der Waals surface area (Å²) < 4.78 is 26.8. The van der Waals surface area contributed by atoms with E-state index in [1.54, 1.807) is 31.9 Å². The average Bonchev–Trinajstić information content (AvgIpc) is 3.38. The molecule has 0 aromatic heterocycles. The lowest BCUT2D eigenvalue weighted by Gasteiger charge is -2.25. The molecule has 1 unspecified atom stereocenters. The number of benzene rings is 1. The van der Waals surface area contributed by atoms with Gasteiger partial charge in [-0.1, -0.05) is 25.4 Å². The van der Waals surface area contributed by atoms with Gasteiger partial charge in [0.25, 0.3) is 5.91 Å². The van der Waals surface area contributed by atoms with Crippen molar-refractivity contribution in [2.75, 3.05) is 20.1 Å². The predicted octanol–water partition coefficient (Wildman–Crippen LogP) is 3.24. The minimum Gasteiger partial charge on any atom is -0.339 e. The van der Waals surface area contributed by atoms with E-state index in [2.05, 4.69) is 0 Å². The van der Waals surface area contributed by atoms with Gasteiger partial charge in [-0.25, -0.2) is 8.42 Å². The second-order valence-corrected chi connectivity index (χ2v) is 8.54. The Morgan fingerprint density at radius 1 is 1.29 bits per heavy atom. The minimum atomic E-state index is -3.71. The number of sulfonamides is 1. The molecule has 1 aliphatic rings. The summed E-state index contributed by atoms with van der Waals surface area (Å²) in [5.41, 5.74) is 0.347. The SMILES string of the molecule is CCN(CC)S(=O)(=O)c1cc(C(=O)N(C)C(C)C2CC2)ccc1Cl. The number of rotatable bonds is 7. The van der Waals surface area contributed by atoms with E-state index in [0.29, 0.717) is 24.6 Å². The molecule has 0 spiro atoms. The third-order valence-corrected chi connectivity index (χ3v) is 7.27. The van der Waals surface area contributed by atoms with Crippen LogP contribution in [0, 0.1) is 5.92 Å². The van der Waals surface area contributed by atoms with Crippen LogP contribution in [0.3, 0.4) is 0 Å². The van der Waals surface area contributed by atoms with Crippen molar-refractivity contribution in [1.29, 1.82) is 0 Å². The minimum absolute atomic E-state index is 0.00816. The van der Waals surface area contributed by atoms with Crippen LogP contribution in [0.5, 0.6) is 0 Å². The zero-order chi connectivity index (χ0) is 18.1. The zero-order valence-electron chi connectivity index (χ0n) is 14.6. The molecule has 134 valence electrons. The molecule has 0 heterocycles. The standard InChI is InChI=1S/C17H25ClN2O3S/c1-5-20(6-2)24(22,23)16-11-14(9-10-15(16)18)17(21)19(4)12(3)13-7-8-13/h9-13H,5-8H2,1-4H3. The summed E-state index contributed by atoms with van der Waals surface area (Å²) in [5, 5.41) is 0.136. The molecule has 1 atom stereocenters. The molecule has 0 saturated heterocycles. The van der Waals surface area contributed by atoms with Crippen molar-refractivity contribution in [3.05, 3.63) is 28.8 Å². The smallest absolute Gasteiger partial charge is 0.253 e. The Morgan fingerprint density at radius 3 is 2.38 bits per heavy atom. The Morgan fingerprint density at radius 2 is 1.88 bits per heavy atom. The van der Waals surface area contributed by atoms with Gasteiger partial charge in [0.05, 0.1) is 5.02 Å². The van der Waals surface area contributed by atoms with Crippen LogP contribution in [-0.4, -0.2) is 49.7 Å². The van der Waals surface area contributed by atoms with E-state index in [0.717, 1.165) is 12.8 Å². The molecule has 0 aliphatic heterocycles. The first-order valence-electron chi connectivity index (χ1n) is 8.30. The maximum absolute atomic E-state index is 12.7. The van der Waals surface area contributed by atoms with E-state index in [9.17, 15) is 13.2 Å². The molecule has 2 rings (SSSR count). The van der Waals surface area contributed by atoms with Gasteiger partial charge in [-0.2, -0.15) is 4.31 Å². The quantitative estimate of drug-likeness (QED) is 0.738. The van der Waals surface area contributed by atoms with Crippen molar-refractivity contribution in [3.8, 4) is 0 Å². The lowest BCUT2D eigenvalue weighted by Crippen LogP contribution is -2.36. The molecule has 1 aromatic carbocycles. The fraction of sp³-hybridized carbons (Fsp3) is 0.588. The van der Waals surface area contributed by atoms with Gasteiger partial charge in [-0.05, 0) is 43.9 Å². The number of carbonyl (C=O) groups is 1. The summed E-state index contributed by atoms with van der Waals surface area (Å²) in [7, 11) is -1.94. The Bertz CT molecular complexity index is 713. The summed E-state index contributed by atoms with van der Waals surface area (Å²) in [6.45, 7) is 6.28. The summed E-state index contributed by atoms with van der Waals surface area (Å²) >= 11 is 6.12. The van der Waals surface area contributed by atoms with Crippen molar-refractivity contribution in [2.45, 2.75) is 44.6 Å². The molecular weight excluding hydrogens is 348 g/mol. The van der Waals surface area contributed by atoms with Gasteiger partial charge in [0.1, 0.15) is 4.90 Å². The van der Waals surface area contributed by atoms with Crippen LogP contribution in [0.4, 0.5) is 0 Å². The van der Waals surface area contributed by atoms with E-state index in [1.165, 1.54) is 16.4 Å². The third-order valence-electron chi connectivity index (χ3n) is 4.74. The molecule has 24 heavy (non-hydrogen) atoms. The summed E-state index contributed by atoms with van der Waals surface area (Å²) in [6, 6.07) is 4.62. The number of halogens is 1. The van der Waals surface area contributed by atoms with Crippen LogP contribution in [0.1, 0.15) is 44.0 Å². The molecule has 1 aliphatic carbocycles. The highest BCUT2D eigenvalue weighted by atomic mass is 35.5. The highest BCUT2D eigenvalue weighted by Crippen LogP contribution is 2.35.